The number of nitrogens with zero attached hydrogens (tertiary/aromatic N) is 7. The van der Waals surface area contributed by atoms with E-state index in [1.54, 1.807) is 24.8 Å². The molecule has 1 saturated heterocycles. The lowest BCUT2D eigenvalue weighted by Crippen LogP contribution is -2.51. The maximum atomic E-state index is 6.05. The Bertz CT molecular complexity index is 1110. The predicted molar refractivity (Wildman–Crippen MR) is 105 cm³/mol. The normalized spacial score (nSPS) is 20.0. The summed E-state index contributed by atoms with van der Waals surface area (Å²) in [6.07, 6.45) is 10.6. The number of nitrogens with one attached hydrogen (secondary N) is 2. The highest BCUT2D eigenvalue weighted by molar-refractivity contribution is 6.29. The average molecular weight is 396 g/mol. The number of fused-ring (bicyclic) bond motifs is 1. The first-order valence-corrected chi connectivity index (χ1v) is 9.37. The Morgan fingerprint density at radius 3 is 2.93 bits per heavy atom. The van der Waals surface area contributed by atoms with Gasteiger partial charge in [0.15, 0.2) is 11.5 Å². The zero-order valence-electron chi connectivity index (χ0n) is 15.1. The highest BCUT2D eigenvalue weighted by atomic mass is 35.5. The average Bonchev–Trinajstić information content (AvgIpc) is 3.37. The smallest absolute Gasteiger partial charge is 0.180 e. The van der Waals surface area contributed by atoms with Crippen LogP contribution in [0.1, 0.15) is 18.5 Å². The molecule has 0 bridgehead atoms. The molecule has 4 aromatic heterocycles. The van der Waals surface area contributed by atoms with E-state index in [1.807, 2.05) is 22.9 Å². The Balaban J connectivity index is 1.49. The first kappa shape index (κ1) is 17.1. The quantitative estimate of drug-likeness (QED) is 0.548. The fourth-order valence-corrected chi connectivity index (χ4v) is 3.74. The number of anilines is 1. The van der Waals surface area contributed by atoms with Crippen LogP contribution in [0.5, 0.6) is 0 Å². The van der Waals surface area contributed by atoms with Gasteiger partial charge in [0.2, 0.25) is 0 Å². The Hall–Kier alpha value is -3.04. The third-order valence-electron chi connectivity index (χ3n) is 4.86. The largest absolute Gasteiger partial charge is 0.353 e. The summed E-state index contributed by atoms with van der Waals surface area (Å²) in [4.78, 5) is 20.0. The van der Waals surface area contributed by atoms with E-state index in [2.05, 4.69) is 42.3 Å². The van der Waals surface area contributed by atoms with Crippen molar-refractivity contribution >= 4 is 23.1 Å². The van der Waals surface area contributed by atoms with Crippen molar-refractivity contribution in [3.05, 3.63) is 54.0 Å². The van der Waals surface area contributed by atoms with Gasteiger partial charge in [0, 0.05) is 43.3 Å². The highest BCUT2D eigenvalue weighted by Crippen LogP contribution is 2.25. The van der Waals surface area contributed by atoms with Crippen molar-refractivity contribution in [3.63, 3.8) is 0 Å². The summed E-state index contributed by atoms with van der Waals surface area (Å²) < 4.78 is 1.85. The molecule has 4 aromatic rings. The number of piperazine rings is 1. The number of H-pyrrole nitrogens is 1. The minimum Gasteiger partial charge on any atom is -0.353 e. The van der Waals surface area contributed by atoms with Crippen LogP contribution in [0.2, 0.25) is 5.15 Å². The number of rotatable bonds is 3. The number of halogens is 1. The third kappa shape index (κ3) is 3.08. The van der Waals surface area contributed by atoms with Crippen LogP contribution in [-0.4, -0.2) is 53.7 Å². The molecule has 0 amide bonds. The lowest BCUT2D eigenvalue weighted by atomic mass is 10.1. The molecule has 9 nitrogen and oxygen atoms in total. The summed E-state index contributed by atoms with van der Waals surface area (Å²) in [5, 5.41) is 11.0. The molecular weight excluding hydrogens is 378 g/mol. The van der Waals surface area contributed by atoms with Crippen LogP contribution in [-0.2, 0) is 0 Å². The van der Waals surface area contributed by atoms with E-state index < -0.39 is 0 Å². The molecule has 5 rings (SSSR count). The second-order valence-electron chi connectivity index (χ2n) is 6.88. The fourth-order valence-electron chi connectivity index (χ4n) is 3.59. The molecule has 0 unspecified atom stereocenters. The molecule has 0 spiro atoms. The summed E-state index contributed by atoms with van der Waals surface area (Å²) in [5.74, 6) is 1.47. The number of imidazole rings is 1. The summed E-state index contributed by atoms with van der Waals surface area (Å²) >= 11 is 6.05. The van der Waals surface area contributed by atoms with E-state index in [0.29, 0.717) is 22.7 Å². The Morgan fingerprint density at radius 1 is 1.14 bits per heavy atom. The third-order valence-corrected chi connectivity index (χ3v) is 5.06. The van der Waals surface area contributed by atoms with Crippen LogP contribution in [0.15, 0.2) is 43.2 Å². The van der Waals surface area contributed by atoms with Crippen molar-refractivity contribution in [2.75, 3.05) is 18.0 Å². The van der Waals surface area contributed by atoms with Crippen molar-refractivity contribution in [2.45, 2.75) is 19.0 Å². The minimum atomic E-state index is 0.182. The number of aromatic amines is 1. The van der Waals surface area contributed by atoms with Crippen LogP contribution in [0.4, 0.5) is 5.82 Å². The van der Waals surface area contributed by atoms with E-state index >= 15 is 0 Å². The van der Waals surface area contributed by atoms with Gasteiger partial charge in [-0.15, -0.1) is 0 Å². The molecule has 0 radical (unpaired) electrons. The second-order valence-corrected chi connectivity index (χ2v) is 7.26. The van der Waals surface area contributed by atoms with Gasteiger partial charge >= 0.3 is 0 Å². The van der Waals surface area contributed by atoms with Gasteiger partial charge in [-0.05, 0) is 13.0 Å². The van der Waals surface area contributed by atoms with Gasteiger partial charge in [-0.1, -0.05) is 11.6 Å². The van der Waals surface area contributed by atoms with Gasteiger partial charge in [0.1, 0.15) is 16.7 Å². The molecule has 1 aliphatic rings. The predicted octanol–water partition coefficient (Wildman–Crippen LogP) is 2.10. The first-order chi connectivity index (χ1) is 13.7. The Morgan fingerprint density at radius 2 is 2.07 bits per heavy atom. The molecule has 2 N–H and O–H groups in total. The van der Waals surface area contributed by atoms with Crippen LogP contribution in [0, 0.1) is 0 Å². The van der Waals surface area contributed by atoms with E-state index in [0.717, 1.165) is 30.2 Å². The number of aromatic nitrogens is 7. The van der Waals surface area contributed by atoms with Gasteiger partial charge < -0.3 is 10.2 Å². The van der Waals surface area contributed by atoms with Crippen molar-refractivity contribution in [2.24, 2.45) is 0 Å². The van der Waals surface area contributed by atoms with E-state index in [4.69, 9.17) is 16.6 Å². The molecule has 28 heavy (non-hydrogen) atoms. The van der Waals surface area contributed by atoms with Crippen molar-refractivity contribution in [1.29, 1.82) is 0 Å². The molecule has 5 heterocycles. The molecule has 1 fully saturated rings. The van der Waals surface area contributed by atoms with Crippen molar-refractivity contribution < 1.29 is 0 Å². The minimum absolute atomic E-state index is 0.182. The molecule has 0 aliphatic carbocycles. The molecule has 2 atom stereocenters. The zero-order chi connectivity index (χ0) is 19.1. The monoisotopic (exact) mass is 395 g/mol. The Kier molecular flexibility index (Phi) is 4.18. The number of hydrogen-bond acceptors (Lipinski definition) is 7. The summed E-state index contributed by atoms with van der Waals surface area (Å²) in [6.45, 7) is 3.82. The number of hydrogen-bond donors (Lipinski definition) is 2. The first-order valence-electron chi connectivity index (χ1n) is 8.99. The molecule has 0 aromatic carbocycles. The van der Waals surface area contributed by atoms with Crippen LogP contribution < -0.4 is 10.2 Å². The SMILES string of the molecule is C[C@@H]1CN(c2ccnc(-c3cnc4cnc(Cl)cn34)n2)C[C@H](c2cn[nH]c2)N1. The molecule has 10 heteroatoms. The Labute approximate surface area is 165 Å². The summed E-state index contributed by atoms with van der Waals surface area (Å²) in [7, 11) is 0. The molecule has 142 valence electrons. The van der Waals surface area contributed by atoms with Gasteiger partial charge in [0.25, 0.3) is 0 Å². The van der Waals surface area contributed by atoms with Crippen LogP contribution in [0.25, 0.3) is 17.2 Å². The van der Waals surface area contributed by atoms with Gasteiger partial charge in [-0.2, -0.15) is 5.10 Å². The second kappa shape index (κ2) is 6.84. The van der Waals surface area contributed by atoms with E-state index in [-0.39, 0.29) is 6.04 Å². The van der Waals surface area contributed by atoms with Crippen molar-refractivity contribution in [1.82, 2.24) is 39.9 Å². The standard InChI is InChI=1S/C18H18ClN9/c1-11-8-27(9-13(25-11)12-4-23-24-5-12)16-2-3-20-18(26-16)14-6-22-17-7-21-15(19)10-28(14)17/h2-7,10-11,13,25H,8-9H2,1H3,(H,23,24)/t11-,13-/m1/s1. The summed E-state index contributed by atoms with van der Waals surface area (Å²) in [6, 6.07) is 2.43. The molecular formula is C18H18ClN9. The van der Waals surface area contributed by atoms with Gasteiger partial charge in [0.05, 0.1) is 24.6 Å². The fraction of sp³-hybridized carbons (Fsp3) is 0.278. The lowest BCUT2D eigenvalue weighted by molar-refractivity contribution is 0.394. The zero-order valence-corrected chi connectivity index (χ0v) is 15.9. The lowest BCUT2D eigenvalue weighted by Gasteiger charge is -2.38. The molecule has 0 saturated carbocycles. The topological polar surface area (TPSA) is 99.9 Å². The van der Waals surface area contributed by atoms with Crippen LogP contribution in [0.3, 0.4) is 0 Å². The van der Waals surface area contributed by atoms with E-state index in [1.165, 1.54) is 0 Å². The molecule has 1 aliphatic heterocycles. The van der Waals surface area contributed by atoms with Crippen molar-refractivity contribution in [3.8, 4) is 11.5 Å². The highest BCUT2D eigenvalue weighted by Gasteiger charge is 2.27. The summed E-state index contributed by atoms with van der Waals surface area (Å²) in [5.41, 5.74) is 2.61. The maximum absolute atomic E-state index is 6.05. The van der Waals surface area contributed by atoms with Gasteiger partial charge in [-0.25, -0.2) is 19.9 Å². The van der Waals surface area contributed by atoms with Crippen LogP contribution >= 0.6 is 11.6 Å². The van der Waals surface area contributed by atoms with Gasteiger partial charge in [-0.3, -0.25) is 9.50 Å². The maximum Gasteiger partial charge on any atom is 0.180 e. The van der Waals surface area contributed by atoms with E-state index in [9.17, 15) is 0 Å².